The van der Waals surface area contributed by atoms with Crippen LogP contribution in [0.1, 0.15) is 43.5 Å². The van der Waals surface area contributed by atoms with E-state index in [4.69, 9.17) is 0 Å². The van der Waals surface area contributed by atoms with Crippen LogP contribution in [-0.2, 0) is 0 Å². The van der Waals surface area contributed by atoms with Crippen LogP contribution in [0.4, 0.5) is 4.39 Å². The highest BCUT2D eigenvalue weighted by Gasteiger charge is 2.32. The van der Waals surface area contributed by atoms with Crippen molar-refractivity contribution in [2.75, 3.05) is 0 Å². The Balaban J connectivity index is 2.06. The van der Waals surface area contributed by atoms with Gasteiger partial charge >= 0.3 is 0 Å². The molecule has 0 aliphatic heterocycles. The summed E-state index contributed by atoms with van der Waals surface area (Å²) in [6, 6.07) is 4.42. The highest BCUT2D eigenvalue weighted by molar-refractivity contribution is 7.80. The van der Waals surface area contributed by atoms with Crippen molar-refractivity contribution in [2.45, 2.75) is 44.0 Å². The van der Waals surface area contributed by atoms with Gasteiger partial charge in [0.1, 0.15) is 5.82 Å². The third-order valence-electron chi connectivity index (χ3n) is 3.50. The van der Waals surface area contributed by atoms with E-state index in [1.165, 1.54) is 18.2 Å². The van der Waals surface area contributed by atoms with Crippen LogP contribution in [-0.4, -0.2) is 11.9 Å². The summed E-state index contributed by atoms with van der Waals surface area (Å²) in [6.45, 7) is 4.38. The zero-order valence-corrected chi connectivity index (χ0v) is 11.6. The fourth-order valence-electron chi connectivity index (χ4n) is 2.51. The molecule has 0 aromatic heterocycles. The molecular formula is C14H18FNOS. The van der Waals surface area contributed by atoms with Crippen molar-refractivity contribution >= 4 is 18.5 Å². The lowest BCUT2D eigenvalue weighted by molar-refractivity contribution is 0.0931. The summed E-state index contributed by atoms with van der Waals surface area (Å²) >= 11 is 4.13. The third kappa shape index (κ3) is 3.05. The van der Waals surface area contributed by atoms with E-state index in [0.29, 0.717) is 4.90 Å². The number of hydrogen-bond donors (Lipinski definition) is 2. The number of hydrogen-bond acceptors (Lipinski definition) is 2. The molecule has 18 heavy (non-hydrogen) atoms. The lowest BCUT2D eigenvalue weighted by Crippen LogP contribution is -2.34. The number of benzene rings is 1. The van der Waals surface area contributed by atoms with E-state index in [1.54, 1.807) is 0 Å². The number of nitrogens with one attached hydrogen (secondary N) is 1. The molecule has 0 saturated heterocycles. The first-order chi connectivity index (χ1) is 8.37. The van der Waals surface area contributed by atoms with Crippen LogP contribution in [0.3, 0.4) is 0 Å². The van der Waals surface area contributed by atoms with Gasteiger partial charge in [-0.3, -0.25) is 4.79 Å². The van der Waals surface area contributed by atoms with Crippen molar-refractivity contribution in [3.63, 3.8) is 0 Å². The minimum atomic E-state index is -0.498. The smallest absolute Gasteiger partial charge is 0.254 e. The Morgan fingerprint density at radius 1 is 1.50 bits per heavy atom. The van der Waals surface area contributed by atoms with Crippen molar-refractivity contribution in [1.82, 2.24) is 5.32 Å². The second kappa shape index (κ2) is 4.92. The molecular weight excluding hydrogens is 249 g/mol. The Morgan fingerprint density at radius 2 is 2.22 bits per heavy atom. The Labute approximate surface area is 112 Å². The third-order valence-corrected chi connectivity index (χ3v) is 3.78. The van der Waals surface area contributed by atoms with Gasteiger partial charge in [-0.2, -0.15) is 0 Å². The zero-order chi connectivity index (χ0) is 13.3. The van der Waals surface area contributed by atoms with E-state index in [0.717, 1.165) is 19.3 Å². The number of rotatable bonds is 2. The first-order valence-electron chi connectivity index (χ1n) is 6.17. The van der Waals surface area contributed by atoms with Gasteiger partial charge in [0.25, 0.3) is 5.91 Å². The van der Waals surface area contributed by atoms with Crippen molar-refractivity contribution in [3.05, 3.63) is 29.6 Å². The number of thiol groups is 1. The Kier molecular flexibility index (Phi) is 3.66. The molecule has 4 heteroatoms. The molecule has 1 saturated carbocycles. The average molecular weight is 267 g/mol. The van der Waals surface area contributed by atoms with Gasteiger partial charge in [-0.25, -0.2) is 4.39 Å². The molecule has 1 atom stereocenters. The second-order valence-corrected chi connectivity index (χ2v) is 6.26. The molecule has 1 aromatic rings. The van der Waals surface area contributed by atoms with Crippen LogP contribution in [0.15, 0.2) is 23.1 Å². The molecule has 1 N–H and O–H groups in total. The summed E-state index contributed by atoms with van der Waals surface area (Å²) < 4.78 is 13.6. The molecule has 2 rings (SSSR count). The fraction of sp³-hybridized carbons (Fsp3) is 0.500. The molecule has 0 radical (unpaired) electrons. The lowest BCUT2D eigenvalue weighted by atomic mass is 9.92. The normalized spacial score (nSPS) is 21.9. The summed E-state index contributed by atoms with van der Waals surface area (Å²) in [5, 5.41) is 2.91. The Bertz CT molecular complexity index is 473. The summed E-state index contributed by atoms with van der Waals surface area (Å²) in [7, 11) is 0. The van der Waals surface area contributed by atoms with Gasteiger partial charge in [-0.1, -0.05) is 13.8 Å². The molecule has 0 spiro atoms. The molecule has 2 nitrogen and oxygen atoms in total. The van der Waals surface area contributed by atoms with Gasteiger partial charge in [0.15, 0.2) is 0 Å². The maximum atomic E-state index is 13.6. The van der Waals surface area contributed by atoms with E-state index in [-0.39, 0.29) is 22.9 Å². The van der Waals surface area contributed by atoms with Gasteiger partial charge in [-0.15, -0.1) is 12.6 Å². The largest absolute Gasteiger partial charge is 0.349 e. The minimum absolute atomic E-state index is 0.0761. The SMILES string of the molecule is CC1(C)CCC(NC(=O)c2cc(S)ccc2F)C1. The summed E-state index contributed by atoms with van der Waals surface area (Å²) in [6.07, 6.45) is 2.99. The summed E-state index contributed by atoms with van der Waals surface area (Å²) in [5.74, 6) is -0.839. The maximum Gasteiger partial charge on any atom is 0.254 e. The van der Waals surface area contributed by atoms with Gasteiger partial charge in [0.2, 0.25) is 0 Å². The number of carbonyl (C=O) groups is 1. The summed E-state index contributed by atoms with van der Waals surface area (Å²) in [5.41, 5.74) is 0.342. The lowest BCUT2D eigenvalue weighted by Gasteiger charge is -2.18. The predicted molar refractivity (Wildman–Crippen MR) is 72.5 cm³/mol. The molecule has 1 aliphatic carbocycles. The van der Waals surface area contributed by atoms with Gasteiger partial charge in [-0.05, 0) is 42.9 Å². The van der Waals surface area contributed by atoms with Crippen LogP contribution in [0.25, 0.3) is 0 Å². The maximum absolute atomic E-state index is 13.6. The standard InChI is InChI=1S/C14H18FNOS/c1-14(2)6-5-9(8-14)16-13(17)11-7-10(18)3-4-12(11)15/h3-4,7,9,18H,5-6,8H2,1-2H3,(H,16,17). The predicted octanol–water partition coefficient (Wildman–Crippen LogP) is 3.42. The number of carbonyl (C=O) groups excluding carboxylic acids is 1. The molecule has 1 amide bonds. The Hall–Kier alpha value is -1.03. The molecule has 1 aliphatic rings. The van der Waals surface area contributed by atoms with Gasteiger partial charge in [0.05, 0.1) is 5.56 Å². The minimum Gasteiger partial charge on any atom is -0.349 e. The molecule has 1 fully saturated rings. The second-order valence-electron chi connectivity index (χ2n) is 5.74. The van der Waals surface area contributed by atoms with E-state index in [1.807, 2.05) is 0 Å². The topological polar surface area (TPSA) is 29.1 Å². The van der Waals surface area contributed by atoms with Crippen molar-refractivity contribution in [2.24, 2.45) is 5.41 Å². The van der Waals surface area contributed by atoms with Gasteiger partial charge < -0.3 is 5.32 Å². The van der Waals surface area contributed by atoms with Crippen molar-refractivity contribution in [3.8, 4) is 0 Å². The van der Waals surface area contributed by atoms with Crippen LogP contribution < -0.4 is 5.32 Å². The quantitative estimate of drug-likeness (QED) is 0.790. The monoisotopic (exact) mass is 267 g/mol. The molecule has 1 unspecified atom stereocenters. The van der Waals surface area contributed by atoms with Crippen LogP contribution in [0.5, 0.6) is 0 Å². The van der Waals surface area contributed by atoms with Crippen LogP contribution in [0, 0.1) is 11.2 Å². The zero-order valence-electron chi connectivity index (χ0n) is 10.7. The first-order valence-corrected chi connectivity index (χ1v) is 6.61. The fourth-order valence-corrected chi connectivity index (χ4v) is 2.71. The van der Waals surface area contributed by atoms with E-state index in [9.17, 15) is 9.18 Å². The number of amides is 1. The molecule has 98 valence electrons. The number of halogens is 1. The Morgan fingerprint density at radius 3 is 2.83 bits per heavy atom. The molecule has 0 bridgehead atoms. The van der Waals surface area contributed by atoms with Crippen molar-refractivity contribution in [1.29, 1.82) is 0 Å². The highest BCUT2D eigenvalue weighted by Crippen LogP contribution is 2.37. The van der Waals surface area contributed by atoms with Gasteiger partial charge in [0, 0.05) is 10.9 Å². The van der Waals surface area contributed by atoms with Crippen LogP contribution in [0.2, 0.25) is 0 Å². The highest BCUT2D eigenvalue weighted by atomic mass is 32.1. The average Bonchev–Trinajstić information content (AvgIpc) is 2.61. The van der Waals surface area contributed by atoms with E-state index >= 15 is 0 Å². The molecule has 0 heterocycles. The van der Waals surface area contributed by atoms with E-state index in [2.05, 4.69) is 31.8 Å². The van der Waals surface area contributed by atoms with E-state index < -0.39 is 5.82 Å². The first kappa shape index (κ1) is 13.4. The molecule has 1 aromatic carbocycles. The van der Waals surface area contributed by atoms with Crippen molar-refractivity contribution < 1.29 is 9.18 Å². The van der Waals surface area contributed by atoms with Crippen LogP contribution >= 0.6 is 12.6 Å². The summed E-state index contributed by atoms with van der Waals surface area (Å²) in [4.78, 5) is 12.6.